The quantitative estimate of drug-likeness (QED) is 0.881. The smallest absolute Gasteiger partial charge is 0.241 e. The third kappa shape index (κ3) is 3.01. The van der Waals surface area contributed by atoms with Crippen molar-refractivity contribution in [2.24, 2.45) is 0 Å². The average molecular weight is 332 g/mol. The molecule has 0 radical (unpaired) electrons. The molecule has 2 aliphatic heterocycles. The van der Waals surface area contributed by atoms with E-state index in [0.29, 0.717) is 6.04 Å². The first-order valence-electron chi connectivity index (χ1n) is 8.00. The highest BCUT2D eigenvalue weighted by atomic mass is 32.1. The average Bonchev–Trinajstić information content (AvgIpc) is 3.36. The van der Waals surface area contributed by atoms with Crippen molar-refractivity contribution in [3.8, 4) is 0 Å². The molecule has 2 fully saturated rings. The van der Waals surface area contributed by atoms with Gasteiger partial charge in [0.05, 0.1) is 18.3 Å². The Balaban J connectivity index is 1.32. The number of hydrazine groups is 1. The summed E-state index contributed by atoms with van der Waals surface area (Å²) in [6.45, 7) is 1.57. The minimum atomic E-state index is -0.134. The Morgan fingerprint density at radius 1 is 1.30 bits per heavy atom. The number of carbonyl (C=O) groups excluding carboxylic acids is 1. The van der Waals surface area contributed by atoms with Gasteiger partial charge in [-0.3, -0.25) is 4.79 Å². The Morgan fingerprint density at radius 2 is 2.17 bits per heavy atom. The highest BCUT2D eigenvalue weighted by Gasteiger charge is 2.34. The van der Waals surface area contributed by atoms with E-state index in [1.54, 1.807) is 17.5 Å². The third-order valence-electron chi connectivity index (χ3n) is 4.68. The Bertz CT molecular complexity index is 635. The normalized spacial score (nSPS) is 25.8. The van der Waals surface area contributed by atoms with Gasteiger partial charge in [-0.1, -0.05) is 11.3 Å². The molecule has 0 aliphatic carbocycles. The minimum absolute atomic E-state index is 0.134. The highest BCUT2D eigenvalue weighted by Crippen LogP contribution is 2.28. The van der Waals surface area contributed by atoms with Crippen LogP contribution in [0.25, 0.3) is 0 Å². The van der Waals surface area contributed by atoms with Gasteiger partial charge in [-0.15, -0.1) is 16.4 Å². The highest BCUT2D eigenvalue weighted by molar-refractivity contribution is 7.10. The van der Waals surface area contributed by atoms with Gasteiger partial charge in [0.1, 0.15) is 6.04 Å². The van der Waals surface area contributed by atoms with Crippen LogP contribution in [0.15, 0.2) is 29.9 Å². The fourth-order valence-electron chi connectivity index (χ4n) is 3.38. The number of aromatic nitrogens is 3. The van der Waals surface area contributed by atoms with E-state index in [2.05, 4.69) is 32.6 Å². The molecule has 0 spiro atoms. The van der Waals surface area contributed by atoms with Crippen LogP contribution in [-0.2, 0) is 4.79 Å². The first-order valence-corrected chi connectivity index (χ1v) is 8.88. The molecule has 8 heteroatoms. The number of carbonyl (C=O) groups is 1. The molecule has 2 saturated heterocycles. The van der Waals surface area contributed by atoms with Gasteiger partial charge >= 0.3 is 0 Å². The van der Waals surface area contributed by atoms with Crippen molar-refractivity contribution in [3.05, 3.63) is 34.8 Å². The summed E-state index contributed by atoms with van der Waals surface area (Å²) in [5, 5.41) is 10.0. The van der Waals surface area contributed by atoms with E-state index in [4.69, 9.17) is 0 Å². The molecule has 2 aromatic heterocycles. The summed E-state index contributed by atoms with van der Waals surface area (Å²) in [6, 6.07) is 4.61. The van der Waals surface area contributed by atoms with Crippen LogP contribution in [0.2, 0.25) is 0 Å². The van der Waals surface area contributed by atoms with Crippen molar-refractivity contribution in [1.29, 1.82) is 0 Å². The number of piperidine rings is 1. The fraction of sp³-hybridized carbons (Fsp3) is 0.533. The lowest BCUT2D eigenvalue weighted by atomic mass is 10.0. The lowest BCUT2D eigenvalue weighted by molar-refractivity contribution is -0.134. The summed E-state index contributed by atoms with van der Waals surface area (Å²) >= 11 is 1.73. The summed E-state index contributed by atoms with van der Waals surface area (Å²) in [5.41, 5.74) is 6.42. The first kappa shape index (κ1) is 14.8. The standard InChI is InChI=1S/C15H20N6OS/c22-15(13-10-12(17-18-13)14-2-1-9-23-14)20-6-3-11(4-7-20)21-8-5-16-19-21/h1-2,5,8-9,11-13,17-18H,3-4,6-7,10H2. The van der Waals surface area contributed by atoms with Gasteiger partial charge in [-0.25, -0.2) is 15.5 Å². The lowest BCUT2D eigenvalue weighted by Gasteiger charge is -2.33. The number of nitrogens with zero attached hydrogens (tertiary/aromatic N) is 4. The number of nitrogens with one attached hydrogen (secondary N) is 2. The van der Waals surface area contributed by atoms with Gasteiger partial charge in [-0.2, -0.15) is 0 Å². The molecule has 23 heavy (non-hydrogen) atoms. The second-order valence-electron chi connectivity index (χ2n) is 6.08. The molecule has 1 amide bonds. The van der Waals surface area contributed by atoms with E-state index in [1.807, 2.05) is 21.8 Å². The van der Waals surface area contributed by atoms with Crippen LogP contribution < -0.4 is 10.9 Å². The second-order valence-corrected chi connectivity index (χ2v) is 7.06. The van der Waals surface area contributed by atoms with E-state index in [0.717, 1.165) is 32.4 Å². The van der Waals surface area contributed by atoms with Crippen molar-refractivity contribution < 1.29 is 4.79 Å². The molecule has 2 aliphatic rings. The fourth-order valence-corrected chi connectivity index (χ4v) is 4.17. The summed E-state index contributed by atoms with van der Waals surface area (Å²) in [6.07, 6.45) is 6.28. The van der Waals surface area contributed by atoms with Crippen LogP contribution in [0.5, 0.6) is 0 Å². The zero-order valence-electron chi connectivity index (χ0n) is 12.8. The van der Waals surface area contributed by atoms with Crippen LogP contribution in [0.3, 0.4) is 0 Å². The van der Waals surface area contributed by atoms with Gasteiger partial charge in [0.25, 0.3) is 0 Å². The van der Waals surface area contributed by atoms with Crippen LogP contribution in [0, 0.1) is 0 Å². The van der Waals surface area contributed by atoms with Gasteiger partial charge in [-0.05, 0) is 30.7 Å². The summed E-state index contributed by atoms with van der Waals surface area (Å²) in [5.74, 6) is 0.202. The van der Waals surface area contributed by atoms with Crippen LogP contribution in [-0.4, -0.2) is 44.9 Å². The molecule has 0 aromatic carbocycles. The van der Waals surface area contributed by atoms with Gasteiger partial charge in [0.2, 0.25) is 5.91 Å². The van der Waals surface area contributed by atoms with Crippen LogP contribution in [0.4, 0.5) is 0 Å². The van der Waals surface area contributed by atoms with Crippen molar-refractivity contribution in [3.63, 3.8) is 0 Å². The summed E-state index contributed by atoms with van der Waals surface area (Å²) in [4.78, 5) is 16.0. The van der Waals surface area contributed by atoms with Gasteiger partial charge in [0, 0.05) is 24.2 Å². The van der Waals surface area contributed by atoms with E-state index < -0.39 is 0 Å². The summed E-state index contributed by atoms with van der Waals surface area (Å²) in [7, 11) is 0. The van der Waals surface area contributed by atoms with Crippen molar-refractivity contribution in [1.82, 2.24) is 30.7 Å². The first-order chi connectivity index (χ1) is 11.3. The zero-order chi connectivity index (χ0) is 15.6. The van der Waals surface area contributed by atoms with E-state index in [1.165, 1.54) is 4.88 Å². The Labute approximate surface area is 138 Å². The molecule has 7 nitrogen and oxygen atoms in total. The maximum Gasteiger partial charge on any atom is 0.241 e. The molecule has 2 unspecified atom stereocenters. The topological polar surface area (TPSA) is 75.1 Å². The SMILES string of the molecule is O=C(C1CC(c2cccs2)NN1)N1CCC(n2ccnn2)CC1. The summed E-state index contributed by atoms with van der Waals surface area (Å²) < 4.78 is 1.91. The second kappa shape index (κ2) is 6.38. The molecule has 2 aromatic rings. The molecule has 122 valence electrons. The van der Waals surface area contributed by atoms with Crippen molar-refractivity contribution >= 4 is 17.2 Å². The monoisotopic (exact) mass is 332 g/mol. The molecule has 0 saturated carbocycles. The van der Waals surface area contributed by atoms with Gasteiger partial charge < -0.3 is 4.90 Å². The van der Waals surface area contributed by atoms with Crippen LogP contribution >= 0.6 is 11.3 Å². The largest absolute Gasteiger partial charge is 0.341 e. The maximum absolute atomic E-state index is 12.7. The third-order valence-corrected chi connectivity index (χ3v) is 5.67. The number of amides is 1. The Morgan fingerprint density at radius 3 is 2.87 bits per heavy atom. The van der Waals surface area contributed by atoms with Crippen molar-refractivity contribution in [2.75, 3.05) is 13.1 Å². The van der Waals surface area contributed by atoms with E-state index >= 15 is 0 Å². The zero-order valence-corrected chi connectivity index (χ0v) is 13.6. The van der Waals surface area contributed by atoms with Crippen LogP contribution in [0.1, 0.15) is 36.2 Å². The minimum Gasteiger partial charge on any atom is -0.341 e. The number of thiophene rings is 1. The maximum atomic E-state index is 12.7. The molecular weight excluding hydrogens is 312 g/mol. The number of likely N-dealkylation sites (tertiary alicyclic amines) is 1. The predicted octanol–water partition coefficient (Wildman–Crippen LogP) is 1.11. The van der Waals surface area contributed by atoms with E-state index in [-0.39, 0.29) is 18.0 Å². The lowest BCUT2D eigenvalue weighted by Crippen LogP contribution is -2.48. The Hall–Kier alpha value is -1.77. The molecular formula is C15H20N6OS. The number of rotatable bonds is 3. The number of hydrogen-bond donors (Lipinski definition) is 2. The van der Waals surface area contributed by atoms with E-state index in [9.17, 15) is 4.79 Å². The molecule has 2 N–H and O–H groups in total. The molecule has 4 rings (SSSR count). The Kier molecular flexibility index (Phi) is 4.11. The predicted molar refractivity (Wildman–Crippen MR) is 86.6 cm³/mol. The number of hydrogen-bond acceptors (Lipinski definition) is 6. The van der Waals surface area contributed by atoms with Gasteiger partial charge in [0.15, 0.2) is 0 Å². The molecule has 4 heterocycles. The molecule has 2 atom stereocenters. The van der Waals surface area contributed by atoms with Crippen molar-refractivity contribution in [2.45, 2.75) is 37.4 Å². The molecule has 0 bridgehead atoms.